The Hall–Kier alpha value is -1.73. The van der Waals surface area contributed by atoms with Gasteiger partial charge >= 0.3 is 0 Å². The predicted octanol–water partition coefficient (Wildman–Crippen LogP) is 1.50. The van der Waals surface area contributed by atoms with E-state index in [0.29, 0.717) is 30.9 Å². The highest BCUT2D eigenvalue weighted by molar-refractivity contribution is 14.1. The molecule has 34 heavy (non-hydrogen) atoms. The van der Waals surface area contributed by atoms with Crippen LogP contribution in [0, 0.1) is 3.57 Å². The summed E-state index contributed by atoms with van der Waals surface area (Å²) in [5.41, 5.74) is 0.383. The maximum Gasteiger partial charge on any atom is 0.248 e. The van der Waals surface area contributed by atoms with E-state index >= 15 is 0 Å². The number of aliphatic hydroxyl groups is 2. The van der Waals surface area contributed by atoms with Gasteiger partial charge in [0.05, 0.1) is 22.3 Å². The minimum absolute atomic E-state index is 0.0688. The fourth-order valence-corrected chi connectivity index (χ4v) is 4.22. The Morgan fingerprint density at radius 1 is 1.29 bits per heavy atom. The number of rotatable bonds is 13. The first-order chi connectivity index (χ1) is 16.3. The van der Waals surface area contributed by atoms with E-state index in [1.54, 1.807) is 17.0 Å². The van der Waals surface area contributed by atoms with Gasteiger partial charge in [-0.25, -0.2) is 0 Å². The van der Waals surface area contributed by atoms with Gasteiger partial charge < -0.3 is 34.6 Å². The molecule has 0 heterocycles. The minimum atomic E-state index is -1.07. The third-order valence-electron chi connectivity index (χ3n) is 5.30. The van der Waals surface area contributed by atoms with Gasteiger partial charge in [0.15, 0.2) is 0 Å². The molecular formula is C24H35IN2O7. The van der Waals surface area contributed by atoms with Crippen LogP contribution in [-0.4, -0.2) is 91.3 Å². The fourth-order valence-electron chi connectivity index (χ4n) is 3.70. The van der Waals surface area contributed by atoms with E-state index in [0.717, 1.165) is 3.57 Å². The van der Waals surface area contributed by atoms with Crippen molar-refractivity contribution in [3.63, 3.8) is 0 Å². The number of hydrogen-bond donors (Lipinski definition) is 3. The Kier molecular flexibility index (Phi) is 12.3. The maximum atomic E-state index is 12.9. The molecule has 3 unspecified atom stereocenters. The van der Waals surface area contributed by atoms with Crippen LogP contribution >= 0.6 is 22.6 Å². The molecule has 190 valence electrons. The summed E-state index contributed by atoms with van der Waals surface area (Å²) in [5, 5.41) is 23.0. The molecule has 1 aromatic rings. The summed E-state index contributed by atoms with van der Waals surface area (Å²) < 4.78 is 17.6. The number of halogens is 1. The molecule has 3 atom stereocenters. The first kappa shape index (κ1) is 28.5. The summed E-state index contributed by atoms with van der Waals surface area (Å²) >= 11 is 2.14. The normalized spacial score (nSPS) is 20.1. The number of benzene rings is 1. The molecule has 9 nitrogen and oxygen atoms in total. The Bertz CT molecular complexity index is 833. The Balaban J connectivity index is 2.32. The average Bonchev–Trinajstić information content (AvgIpc) is 2.80. The lowest BCUT2D eigenvalue weighted by Gasteiger charge is -2.40. The summed E-state index contributed by atoms with van der Waals surface area (Å²) in [5.74, 6) is -0.0926. The number of nitrogens with zero attached hydrogens (tertiary/aromatic N) is 1. The van der Waals surface area contributed by atoms with E-state index in [-0.39, 0.29) is 44.1 Å². The summed E-state index contributed by atoms with van der Waals surface area (Å²) in [4.78, 5) is 27.2. The molecule has 0 radical (unpaired) electrons. The second-order valence-electron chi connectivity index (χ2n) is 8.24. The highest BCUT2D eigenvalue weighted by Gasteiger charge is 2.40. The Labute approximate surface area is 214 Å². The molecule has 2 rings (SSSR count). The summed E-state index contributed by atoms with van der Waals surface area (Å²) in [6.45, 7) is 4.43. The predicted molar refractivity (Wildman–Crippen MR) is 135 cm³/mol. The lowest BCUT2D eigenvalue weighted by atomic mass is 9.88. The van der Waals surface area contributed by atoms with E-state index in [1.165, 1.54) is 7.11 Å². The monoisotopic (exact) mass is 590 g/mol. The van der Waals surface area contributed by atoms with Crippen molar-refractivity contribution in [2.75, 3.05) is 40.0 Å². The molecule has 1 aliphatic rings. The third-order valence-corrected chi connectivity index (χ3v) is 6.19. The number of carbonyl (C=O) groups excluding carboxylic acids is 2. The molecule has 0 saturated heterocycles. The van der Waals surface area contributed by atoms with Crippen LogP contribution in [0.3, 0.4) is 0 Å². The summed E-state index contributed by atoms with van der Waals surface area (Å²) in [6, 6.07) is 6.67. The van der Waals surface area contributed by atoms with Crippen LogP contribution in [0.4, 0.5) is 0 Å². The summed E-state index contributed by atoms with van der Waals surface area (Å²) in [7, 11) is 1.44. The van der Waals surface area contributed by atoms with E-state index in [2.05, 4.69) is 27.9 Å². The van der Waals surface area contributed by atoms with Gasteiger partial charge in [0.2, 0.25) is 11.8 Å². The molecule has 10 heteroatoms. The zero-order valence-electron chi connectivity index (χ0n) is 19.9. The second kappa shape index (κ2) is 14.6. The van der Waals surface area contributed by atoms with Crippen LogP contribution in [-0.2, 0) is 19.1 Å². The van der Waals surface area contributed by atoms with Gasteiger partial charge in [0, 0.05) is 38.8 Å². The highest BCUT2D eigenvalue weighted by Crippen LogP contribution is 2.29. The van der Waals surface area contributed by atoms with E-state index in [1.807, 2.05) is 32.0 Å². The number of carbonyl (C=O) groups is 2. The third kappa shape index (κ3) is 8.49. The molecule has 0 aromatic heterocycles. The SMILES string of the molecule is COCC(=O)N(CCCOC(C)C)C1CC(C(=O)NCCO)=CC(Oc2ccccc2I)C1O. The zero-order chi connectivity index (χ0) is 25.1. The largest absolute Gasteiger partial charge is 0.482 e. The Morgan fingerprint density at radius 2 is 2.03 bits per heavy atom. The second-order valence-corrected chi connectivity index (χ2v) is 9.40. The topological polar surface area (TPSA) is 118 Å². The van der Waals surface area contributed by atoms with Gasteiger partial charge in [-0.05, 0) is 61.1 Å². The molecule has 2 amide bonds. The van der Waals surface area contributed by atoms with Gasteiger partial charge in [0.25, 0.3) is 0 Å². The van der Waals surface area contributed by atoms with Crippen molar-refractivity contribution in [2.45, 2.75) is 51.0 Å². The molecule has 1 aromatic carbocycles. The van der Waals surface area contributed by atoms with Crippen molar-refractivity contribution >= 4 is 34.4 Å². The highest BCUT2D eigenvalue weighted by atomic mass is 127. The quantitative estimate of drug-likeness (QED) is 0.236. The van der Waals surface area contributed by atoms with Gasteiger partial charge in [-0.1, -0.05) is 12.1 Å². The number of methoxy groups -OCH3 is 1. The van der Waals surface area contributed by atoms with Crippen LogP contribution in [0.1, 0.15) is 26.7 Å². The Morgan fingerprint density at radius 3 is 2.68 bits per heavy atom. The van der Waals surface area contributed by atoms with Crippen LogP contribution in [0.25, 0.3) is 0 Å². The zero-order valence-corrected chi connectivity index (χ0v) is 22.1. The molecule has 3 N–H and O–H groups in total. The number of para-hydroxylation sites is 1. The molecule has 0 bridgehead atoms. The minimum Gasteiger partial charge on any atom is -0.482 e. The lowest BCUT2D eigenvalue weighted by Crippen LogP contribution is -2.56. The average molecular weight is 590 g/mol. The van der Waals surface area contributed by atoms with Crippen LogP contribution < -0.4 is 10.1 Å². The van der Waals surface area contributed by atoms with Gasteiger partial charge in [0.1, 0.15) is 24.6 Å². The number of amides is 2. The number of nitrogens with one attached hydrogen (secondary N) is 1. The van der Waals surface area contributed by atoms with Gasteiger partial charge in [-0.3, -0.25) is 9.59 Å². The summed E-state index contributed by atoms with van der Waals surface area (Å²) in [6.07, 6.45) is 0.447. The number of ether oxygens (including phenoxy) is 3. The van der Waals surface area contributed by atoms with Crippen molar-refractivity contribution in [1.82, 2.24) is 10.2 Å². The van der Waals surface area contributed by atoms with E-state index in [9.17, 15) is 14.7 Å². The molecule has 0 aliphatic heterocycles. The van der Waals surface area contributed by atoms with Gasteiger partial charge in [-0.2, -0.15) is 0 Å². The van der Waals surface area contributed by atoms with E-state index in [4.69, 9.17) is 19.3 Å². The smallest absolute Gasteiger partial charge is 0.248 e. The van der Waals surface area contributed by atoms with Crippen LogP contribution in [0.15, 0.2) is 35.9 Å². The standard InChI is InChI=1S/C24H35IN2O7/c1-16(2)33-12-6-10-27(22(29)15-32-3)19-13-17(24(31)26-9-11-28)14-21(23(19)30)34-20-8-5-4-7-18(20)25/h4-5,7-8,14,16,19,21,23,28,30H,6,9-13,15H2,1-3H3,(H,26,31). The van der Waals surface area contributed by atoms with Crippen molar-refractivity contribution in [3.05, 3.63) is 39.5 Å². The first-order valence-corrected chi connectivity index (χ1v) is 12.4. The van der Waals surface area contributed by atoms with Crippen molar-refractivity contribution < 1.29 is 34.0 Å². The molecule has 0 spiro atoms. The fraction of sp³-hybridized carbons (Fsp3) is 0.583. The lowest BCUT2D eigenvalue weighted by molar-refractivity contribution is -0.142. The van der Waals surface area contributed by atoms with Gasteiger partial charge in [-0.15, -0.1) is 0 Å². The van der Waals surface area contributed by atoms with Crippen LogP contribution in [0.2, 0.25) is 0 Å². The molecule has 0 saturated carbocycles. The molecule has 0 fully saturated rings. The van der Waals surface area contributed by atoms with Crippen LogP contribution in [0.5, 0.6) is 5.75 Å². The first-order valence-electron chi connectivity index (χ1n) is 11.4. The van der Waals surface area contributed by atoms with Crippen molar-refractivity contribution in [3.8, 4) is 5.75 Å². The van der Waals surface area contributed by atoms with Crippen molar-refractivity contribution in [1.29, 1.82) is 0 Å². The number of aliphatic hydroxyl groups excluding tert-OH is 2. The molecule has 1 aliphatic carbocycles. The maximum absolute atomic E-state index is 12.9. The van der Waals surface area contributed by atoms with E-state index < -0.39 is 18.2 Å². The molecular weight excluding hydrogens is 555 g/mol. The number of hydrogen-bond acceptors (Lipinski definition) is 7. The van der Waals surface area contributed by atoms with Crippen molar-refractivity contribution in [2.24, 2.45) is 0 Å².